The van der Waals surface area contributed by atoms with Gasteiger partial charge in [0.15, 0.2) is 6.61 Å². The van der Waals surface area contributed by atoms with Crippen LogP contribution in [0.5, 0.6) is 0 Å². The number of esters is 1. The fourth-order valence-electron chi connectivity index (χ4n) is 1.58. The Morgan fingerprint density at radius 3 is 2.56 bits per heavy atom. The molecular weight excluding hydrogens is 216 g/mol. The maximum absolute atomic E-state index is 11.4. The van der Waals surface area contributed by atoms with Crippen LogP contribution in [-0.2, 0) is 19.1 Å². The highest BCUT2D eigenvalue weighted by Gasteiger charge is 2.34. The lowest BCUT2D eigenvalue weighted by Crippen LogP contribution is -2.32. The predicted molar refractivity (Wildman–Crippen MR) is 51.6 cm³/mol. The van der Waals surface area contributed by atoms with Crippen molar-refractivity contribution in [3.63, 3.8) is 0 Å². The normalized spacial score (nSPS) is 23.8. The minimum atomic E-state index is -1.26. The summed E-state index contributed by atoms with van der Waals surface area (Å²) in [6, 6.07) is 0. The molecule has 0 saturated carbocycles. The van der Waals surface area contributed by atoms with Gasteiger partial charge in [-0.05, 0) is 12.8 Å². The van der Waals surface area contributed by atoms with Crippen molar-refractivity contribution in [2.24, 2.45) is 11.8 Å². The third-order valence-electron chi connectivity index (χ3n) is 2.35. The number of rotatable bonds is 4. The third kappa shape index (κ3) is 3.08. The number of aliphatic carboxylic acids is 2. The minimum absolute atomic E-state index is 0.360. The smallest absolute Gasteiger partial charge is 0.341 e. The third-order valence-corrected chi connectivity index (χ3v) is 2.35. The summed E-state index contributed by atoms with van der Waals surface area (Å²) in [5.74, 6) is -4.84. The van der Waals surface area contributed by atoms with Crippen molar-refractivity contribution in [3.05, 3.63) is 12.2 Å². The van der Waals surface area contributed by atoms with Crippen molar-refractivity contribution in [3.8, 4) is 0 Å². The molecule has 6 heteroatoms. The molecular formula is C10H12O6. The van der Waals surface area contributed by atoms with Crippen LogP contribution in [0.25, 0.3) is 0 Å². The Morgan fingerprint density at radius 1 is 1.31 bits per heavy atom. The zero-order chi connectivity index (χ0) is 12.1. The van der Waals surface area contributed by atoms with E-state index < -0.39 is 36.4 Å². The van der Waals surface area contributed by atoms with Crippen LogP contribution in [0.2, 0.25) is 0 Å². The van der Waals surface area contributed by atoms with E-state index in [1.807, 2.05) is 0 Å². The lowest BCUT2D eigenvalue weighted by molar-refractivity contribution is -0.161. The molecule has 2 atom stereocenters. The van der Waals surface area contributed by atoms with Crippen LogP contribution in [0.1, 0.15) is 12.8 Å². The van der Waals surface area contributed by atoms with E-state index in [0.717, 1.165) is 0 Å². The molecule has 0 saturated heterocycles. The molecule has 88 valence electrons. The van der Waals surface area contributed by atoms with Crippen molar-refractivity contribution in [2.45, 2.75) is 12.8 Å². The Kier molecular flexibility index (Phi) is 4.04. The summed E-state index contributed by atoms with van der Waals surface area (Å²) in [6.07, 6.45) is 4.12. The molecule has 2 unspecified atom stereocenters. The van der Waals surface area contributed by atoms with Gasteiger partial charge in [-0.3, -0.25) is 9.59 Å². The number of carboxylic acid groups (broad SMARTS) is 2. The molecule has 6 nitrogen and oxygen atoms in total. The molecule has 2 N–H and O–H groups in total. The molecule has 0 amide bonds. The van der Waals surface area contributed by atoms with Gasteiger partial charge in [-0.2, -0.15) is 0 Å². The molecule has 1 aliphatic carbocycles. The first kappa shape index (κ1) is 12.2. The number of carbonyl (C=O) groups is 3. The lowest BCUT2D eigenvalue weighted by Gasteiger charge is -2.22. The molecule has 0 aliphatic heterocycles. The highest BCUT2D eigenvalue weighted by molar-refractivity contribution is 5.84. The Labute approximate surface area is 91.5 Å². The van der Waals surface area contributed by atoms with Crippen LogP contribution >= 0.6 is 0 Å². The second-order valence-corrected chi connectivity index (χ2v) is 3.48. The largest absolute Gasteiger partial charge is 0.481 e. The number of hydrogen-bond acceptors (Lipinski definition) is 4. The molecule has 0 spiro atoms. The van der Waals surface area contributed by atoms with Crippen LogP contribution in [0.15, 0.2) is 12.2 Å². The van der Waals surface area contributed by atoms with Gasteiger partial charge >= 0.3 is 17.9 Å². The van der Waals surface area contributed by atoms with Crippen molar-refractivity contribution in [1.29, 1.82) is 0 Å². The number of carbonyl (C=O) groups excluding carboxylic acids is 1. The molecule has 0 heterocycles. The van der Waals surface area contributed by atoms with Crippen molar-refractivity contribution in [2.75, 3.05) is 6.61 Å². The van der Waals surface area contributed by atoms with Crippen LogP contribution < -0.4 is 0 Å². The van der Waals surface area contributed by atoms with Crippen molar-refractivity contribution < 1.29 is 29.3 Å². The predicted octanol–water partition coefficient (Wildman–Crippen LogP) is 0.281. The molecule has 1 aliphatic rings. The van der Waals surface area contributed by atoms with Crippen molar-refractivity contribution >= 4 is 17.9 Å². The van der Waals surface area contributed by atoms with E-state index in [-0.39, 0.29) is 0 Å². The summed E-state index contributed by atoms with van der Waals surface area (Å²) in [4.78, 5) is 32.5. The highest BCUT2D eigenvalue weighted by atomic mass is 16.5. The average Bonchev–Trinajstić information content (AvgIpc) is 2.25. The lowest BCUT2D eigenvalue weighted by atomic mass is 9.84. The van der Waals surface area contributed by atoms with Gasteiger partial charge in [-0.25, -0.2) is 4.79 Å². The van der Waals surface area contributed by atoms with Gasteiger partial charge in [-0.1, -0.05) is 12.2 Å². The number of hydrogen-bond donors (Lipinski definition) is 2. The van der Waals surface area contributed by atoms with Gasteiger partial charge in [0.25, 0.3) is 0 Å². The highest BCUT2D eigenvalue weighted by Crippen LogP contribution is 2.26. The van der Waals surface area contributed by atoms with E-state index in [0.29, 0.717) is 12.8 Å². The van der Waals surface area contributed by atoms with Crippen LogP contribution in [0.3, 0.4) is 0 Å². The molecule has 0 aromatic rings. The number of allylic oxidation sites excluding steroid dienone is 1. The van der Waals surface area contributed by atoms with Gasteiger partial charge < -0.3 is 14.9 Å². The quantitative estimate of drug-likeness (QED) is 0.529. The topological polar surface area (TPSA) is 101 Å². The van der Waals surface area contributed by atoms with Gasteiger partial charge in [0.1, 0.15) is 0 Å². The summed E-state index contributed by atoms with van der Waals surface area (Å²) in [7, 11) is 0. The molecule has 1 rings (SSSR count). The van der Waals surface area contributed by atoms with Crippen molar-refractivity contribution in [1.82, 2.24) is 0 Å². The SMILES string of the molecule is O=C(O)COC(=O)C1C=CCCC1C(=O)O. The van der Waals surface area contributed by atoms with Gasteiger partial charge in [0.2, 0.25) is 0 Å². The summed E-state index contributed by atoms with van der Waals surface area (Å²) in [6.45, 7) is -0.741. The maximum atomic E-state index is 11.4. The Morgan fingerprint density at radius 2 is 2.00 bits per heavy atom. The Bertz CT molecular complexity index is 332. The average molecular weight is 228 g/mol. The molecule has 0 aromatic heterocycles. The second-order valence-electron chi connectivity index (χ2n) is 3.48. The summed E-state index contributed by atoms with van der Waals surface area (Å²) < 4.78 is 4.47. The summed E-state index contributed by atoms with van der Waals surface area (Å²) >= 11 is 0. The standard InChI is InChI=1S/C10H12O6/c11-8(12)5-16-10(15)7-4-2-1-3-6(7)9(13)14/h2,4,6-7H,1,3,5H2,(H,11,12)(H,13,14). The zero-order valence-electron chi connectivity index (χ0n) is 8.46. The zero-order valence-corrected chi connectivity index (χ0v) is 8.46. The second kappa shape index (κ2) is 5.29. The minimum Gasteiger partial charge on any atom is -0.481 e. The van der Waals surface area contributed by atoms with Gasteiger partial charge in [-0.15, -0.1) is 0 Å². The molecule has 0 fully saturated rings. The van der Waals surface area contributed by atoms with Crippen LogP contribution in [0, 0.1) is 11.8 Å². The van der Waals surface area contributed by atoms with E-state index in [1.165, 1.54) is 6.08 Å². The Hall–Kier alpha value is -1.85. The first-order valence-electron chi connectivity index (χ1n) is 4.80. The fourth-order valence-corrected chi connectivity index (χ4v) is 1.58. The van der Waals surface area contributed by atoms with Gasteiger partial charge in [0, 0.05) is 0 Å². The van der Waals surface area contributed by atoms with E-state index in [4.69, 9.17) is 10.2 Å². The summed E-state index contributed by atoms with van der Waals surface area (Å²) in [5.41, 5.74) is 0. The monoisotopic (exact) mass is 228 g/mol. The van der Waals surface area contributed by atoms with Crippen LogP contribution in [-0.4, -0.2) is 34.7 Å². The van der Waals surface area contributed by atoms with E-state index in [1.54, 1.807) is 6.08 Å². The van der Waals surface area contributed by atoms with E-state index in [9.17, 15) is 14.4 Å². The summed E-state index contributed by atoms with van der Waals surface area (Å²) in [5, 5.41) is 17.2. The maximum Gasteiger partial charge on any atom is 0.341 e. The first-order chi connectivity index (χ1) is 7.52. The Balaban J connectivity index is 2.64. The van der Waals surface area contributed by atoms with Gasteiger partial charge in [0.05, 0.1) is 11.8 Å². The van der Waals surface area contributed by atoms with Crippen LogP contribution in [0.4, 0.5) is 0 Å². The fraction of sp³-hybridized carbons (Fsp3) is 0.500. The van der Waals surface area contributed by atoms with E-state index >= 15 is 0 Å². The molecule has 16 heavy (non-hydrogen) atoms. The molecule has 0 radical (unpaired) electrons. The van der Waals surface area contributed by atoms with E-state index in [2.05, 4.69) is 4.74 Å². The molecule has 0 bridgehead atoms. The number of ether oxygens (including phenoxy) is 1. The first-order valence-corrected chi connectivity index (χ1v) is 4.80. The number of carboxylic acids is 2. The molecule has 0 aromatic carbocycles.